The number of aromatic nitrogens is 4. The molecule has 0 radical (unpaired) electrons. The molecule has 0 spiro atoms. The minimum Gasteiger partial charge on any atom is -0.374 e. The van der Waals surface area contributed by atoms with E-state index in [1.165, 1.54) is 18.6 Å². The maximum absolute atomic E-state index is 12.6. The number of halogens is 3. The zero-order valence-electron chi connectivity index (χ0n) is 11.4. The average Bonchev–Trinajstić information content (AvgIpc) is 3.14. The van der Waals surface area contributed by atoms with E-state index in [-0.39, 0.29) is 16.6 Å². The minimum atomic E-state index is -5.90. The van der Waals surface area contributed by atoms with E-state index in [0.29, 0.717) is 5.56 Å². The third kappa shape index (κ3) is 2.54. The van der Waals surface area contributed by atoms with Crippen molar-refractivity contribution < 1.29 is 25.8 Å². The molecule has 0 atom stereocenters. The zero-order chi connectivity index (χ0) is 17.5. The van der Waals surface area contributed by atoms with Crippen LogP contribution >= 0.6 is 0 Å². The van der Waals surface area contributed by atoms with Gasteiger partial charge in [0.1, 0.15) is 17.1 Å². The van der Waals surface area contributed by atoms with Crippen LogP contribution in [0.4, 0.5) is 13.2 Å². The van der Waals surface area contributed by atoms with Crippen molar-refractivity contribution in [1.29, 1.82) is 5.26 Å². The van der Waals surface area contributed by atoms with Crippen LogP contribution < -0.4 is 4.18 Å². The molecule has 3 heterocycles. The molecule has 0 aliphatic heterocycles. The number of alkyl halides is 3. The molecule has 0 amide bonds. The number of nitrogens with one attached hydrogen (secondary N) is 1. The van der Waals surface area contributed by atoms with Crippen molar-refractivity contribution in [3.05, 3.63) is 36.4 Å². The summed E-state index contributed by atoms with van der Waals surface area (Å²) in [6, 6.07) is 2.77. The van der Waals surface area contributed by atoms with Gasteiger partial charge in [-0.3, -0.25) is 5.10 Å². The molecule has 0 saturated heterocycles. The molecule has 1 N–H and O–H groups in total. The molecule has 0 aromatic carbocycles. The van der Waals surface area contributed by atoms with Gasteiger partial charge in [-0.1, -0.05) is 0 Å². The molecule has 0 aliphatic rings. The Morgan fingerprint density at radius 1 is 1.29 bits per heavy atom. The molecule has 0 saturated carbocycles. The Labute approximate surface area is 132 Å². The standard InChI is InChI=1S/C12H6F3N5O3S/c13-12(14,15)24(21,22)23-10-1-7(9-3-17-18-4-9)6-20-11(10)8(2-16)5-19-20/h1,3-6H,(H,17,18). The topological polar surface area (TPSA) is 113 Å². The number of nitrogens with zero attached hydrogens (tertiary/aromatic N) is 4. The fraction of sp³-hybridized carbons (Fsp3) is 0.0833. The van der Waals surface area contributed by atoms with E-state index in [0.717, 1.165) is 16.8 Å². The quantitative estimate of drug-likeness (QED) is 0.565. The smallest absolute Gasteiger partial charge is 0.374 e. The summed E-state index contributed by atoms with van der Waals surface area (Å²) in [5, 5.41) is 19.0. The largest absolute Gasteiger partial charge is 0.534 e. The predicted octanol–water partition coefficient (Wildman–Crippen LogP) is 1.82. The van der Waals surface area contributed by atoms with Gasteiger partial charge in [-0.25, -0.2) is 4.52 Å². The first-order chi connectivity index (χ1) is 11.2. The maximum atomic E-state index is 12.6. The Bertz CT molecular complexity index is 1050. The van der Waals surface area contributed by atoms with Gasteiger partial charge >= 0.3 is 15.6 Å². The second kappa shape index (κ2) is 5.24. The lowest BCUT2D eigenvalue weighted by Gasteiger charge is -2.11. The fourth-order valence-electron chi connectivity index (χ4n) is 1.96. The lowest BCUT2D eigenvalue weighted by Crippen LogP contribution is -2.28. The highest BCUT2D eigenvalue weighted by molar-refractivity contribution is 7.88. The summed E-state index contributed by atoms with van der Waals surface area (Å²) in [6.45, 7) is 0. The molecular formula is C12H6F3N5O3S. The van der Waals surface area contributed by atoms with Gasteiger partial charge in [0.2, 0.25) is 0 Å². The lowest BCUT2D eigenvalue weighted by atomic mass is 10.1. The van der Waals surface area contributed by atoms with Gasteiger partial charge in [0.05, 0.1) is 12.4 Å². The Morgan fingerprint density at radius 3 is 2.62 bits per heavy atom. The molecule has 0 aliphatic carbocycles. The van der Waals surface area contributed by atoms with Crippen LogP contribution in [-0.2, 0) is 10.1 Å². The number of nitriles is 1. The fourth-order valence-corrected chi connectivity index (χ4v) is 2.42. The summed E-state index contributed by atoms with van der Waals surface area (Å²) in [6.07, 6.45) is 5.30. The Morgan fingerprint density at radius 2 is 2.04 bits per heavy atom. The van der Waals surface area contributed by atoms with Crippen LogP contribution in [0.25, 0.3) is 16.6 Å². The van der Waals surface area contributed by atoms with E-state index in [2.05, 4.69) is 19.5 Å². The van der Waals surface area contributed by atoms with E-state index in [9.17, 15) is 21.6 Å². The molecule has 3 aromatic heterocycles. The first kappa shape index (κ1) is 15.8. The highest BCUT2D eigenvalue weighted by Gasteiger charge is 2.49. The van der Waals surface area contributed by atoms with Crippen molar-refractivity contribution in [1.82, 2.24) is 19.8 Å². The summed E-state index contributed by atoms with van der Waals surface area (Å²) >= 11 is 0. The molecular weight excluding hydrogens is 351 g/mol. The second-order valence-electron chi connectivity index (χ2n) is 4.53. The number of pyridine rings is 1. The van der Waals surface area contributed by atoms with Crippen molar-refractivity contribution in [3.63, 3.8) is 0 Å². The van der Waals surface area contributed by atoms with E-state index in [1.807, 2.05) is 0 Å². The van der Waals surface area contributed by atoms with Gasteiger partial charge in [-0.15, -0.1) is 0 Å². The van der Waals surface area contributed by atoms with Crippen LogP contribution in [0.3, 0.4) is 0 Å². The summed E-state index contributed by atoms with van der Waals surface area (Å²) in [5.74, 6) is -0.667. The van der Waals surface area contributed by atoms with Crippen molar-refractivity contribution in [3.8, 4) is 22.9 Å². The van der Waals surface area contributed by atoms with Crippen LogP contribution in [0.2, 0.25) is 0 Å². The monoisotopic (exact) mass is 357 g/mol. The number of rotatable bonds is 3. The molecule has 3 aromatic rings. The van der Waals surface area contributed by atoms with Gasteiger partial charge in [0.15, 0.2) is 5.75 Å². The van der Waals surface area contributed by atoms with Crippen LogP contribution in [0, 0.1) is 11.3 Å². The molecule has 0 fully saturated rings. The molecule has 0 unspecified atom stereocenters. The van der Waals surface area contributed by atoms with Gasteiger partial charge in [0, 0.05) is 23.5 Å². The number of hydrogen-bond donors (Lipinski definition) is 1. The Kier molecular flexibility index (Phi) is 3.45. The third-order valence-corrected chi connectivity index (χ3v) is 3.98. The van der Waals surface area contributed by atoms with Gasteiger partial charge < -0.3 is 4.18 Å². The predicted molar refractivity (Wildman–Crippen MR) is 73.1 cm³/mol. The van der Waals surface area contributed by atoms with E-state index in [1.54, 1.807) is 6.07 Å². The van der Waals surface area contributed by atoms with Crippen molar-refractivity contribution in [2.24, 2.45) is 0 Å². The number of fused-ring (bicyclic) bond motifs is 1. The Hall–Kier alpha value is -3.07. The highest BCUT2D eigenvalue weighted by Crippen LogP contribution is 2.33. The van der Waals surface area contributed by atoms with Gasteiger partial charge in [0.25, 0.3) is 0 Å². The zero-order valence-corrected chi connectivity index (χ0v) is 12.3. The van der Waals surface area contributed by atoms with Gasteiger partial charge in [-0.05, 0) is 6.07 Å². The first-order valence-corrected chi connectivity index (χ1v) is 7.55. The van der Waals surface area contributed by atoms with E-state index in [4.69, 9.17) is 5.26 Å². The highest BCUT2D eigenvalue weighted by atomic mass is 32.2. The molecule has 24 heavy (non-hydrogen) atoms. The minimum absolute atomic E-state index is 0.138. The number of aromatic amines is 1. The van der Waals surface area contributed by atoms with Crippen molar-refractivity contribution in [2.45, 2.75) is 5.51 Å². The number of hydrogen-bond acceptors (Lipinski definition) is 6. The molecule has 3 rings (SSSR count). The van der Waals surface area contributed by atoms with E-state index < -0.39 is 21.4 Å². The molecule has 0 bridgehead atoms. The number of H-pyrrole nitrogens is 1. The van der Waals surface area contributed by atoms with Crippen LogP contribution in [-0.4, -0.2) is 33.7 Å². The maximum Gasteiger partial charge on any atom is 0.534 e. The SMILES string of the molecule is N#Cc1cnn2cc(-c3cn[nH]c3)cc(OS(=O)(=O)C(F)(F)F)c12. The summed E-state index contributed by atoms with van der Waals surface area (Å²) in [7, 11) is -5.90. The van der Waals surface area contributed by atoms with Crippen LogP contribution in [0.15, 0.2) is 30.9 Å². The summed E-state index contributed by atoms with van der Waals surface area (Å²) < 4.78 is 65.7. The van der Waals surface area contributed by atoms with Gasteiger partial charge in [-0.2, -0.15) is 37.0 Å². The average molecular weight is 357 g/mol. The normalized spacial score (nSPS) is 12.2. The van der Waals surface area contributed by atoms with Crippen molar-refractivity contribution >= 4 is 15.6 Å². The third-order valence-electron chi connectivity index (χ3n) is 3.01. The molecule has 12 heteroatoms. The summed E-state index contributed by atoms with van der Waals surface area (Å²) in [4.78, 5) is 0. The lowest BCUT2D eigenvalue weighted by molar-refractivity contribution is -0.0499. The Balaban J connectivity index is 2.24. The van der Waals surface area contributed by atoms with Crippen LogP contribution in [0.5, 0.6) is 5.75 Å². The van der Waals surface area contributed by atoms with Crippen LogP contribution in [0.1, 0.15) is 5.56 Å². The molecule has 124 valence electrons. The molecule has 8 nitrogen and oxygen atoms in total. The van der Waals surface area contributed by atoms with E-state index >= 15 is 0 Å². The summed E-state index contributed by atoms with van der Waals surface area (Å²) in [5.41, 5.74) is -5.20. The van der Waals surface area contributed by atoms with Crippen molar-refractivity contribution in [2.75, 3.05) is 0 Å². The first-order valence-electron chi connectivity index (χ1n) is 6.14. The second-order valence-corrected chi connectivity index (χ2v) is 6.06.